The number of rotatable bonds is 3. The van der Waals surface area contributed by atoms with E-state index in [0.717, 1.165) is 27.8 Å². The molecule has 0 bridgehead atoms. The van der Waals surface area contributed by atoms with Gasteiger partial charge in [-0.2, -0.15) is 0 Å². The molecule has 3 rings (SSSR count). The fourth-order valence-corrected chi connectivity index (χ4v) is 3.51. The lowest BCUT2D eigenvalue weighted by Gasteiger charge is -2.07. The van der Waals surface area contributed by atoms with Crippen LogP contribution in [-0.2, 0) is 6.42 Å². The van der Waals surface area contributed by atoms with E-state index >= 15 is 0 Å². The molecule has 0 unspecified atom stereocenters. The minimum atomic E-state index is -0.0286. The van der Waals surface area contributed by atoms with Gasteiger partial charge in [-0.25, -0.2) is 0 Å². The van der Waals surface area contributed by atoms with Gasteiger partial charge >= 0.3 is 0 Å². The Hall–Kier alpha value is -2.13. The molecule has 0 fully saturated rings. The highest BCUT2D eigenvalue weighted by atomic mass is 32.1. The summed E-state index contributed by atoms with van der Waals surface area (Å²) in [4.78, 5) is 14.4. The van der Waals surface area contributed by atoms with Crippen LogP contribution >= 0.6 is 11.3 Å². The molecule has 0 saturated heterocycles. The molecule has 1 N–H and O–H groups in total. The fraction of sp³-hybridized carbons (Fsp3) is 0.167. The van der Waals surface area contributed by atoms with E-state index in [1.54, 1.807) is 11.3 Å². The Morgan fingerprint density at radius 2 is 1.90 bits per heavy atom. The minimum Gasteiger partial charge on any atom is -0.321 e. The Morgan fingerprint density at radius 3 is 2.67 bits per heavy atom. The normalized spacial score (nSPS) is 10.8. The number of thiophene rings is 1. The molecule has 0 aliphatic carbocycles. The summed E-state index contributed by atoms with van der Waals surface area (Å²) in [5.74, 6) is -0.0286. The first-order valence-corrected chi connectivity index (χ1v) is 7.89. The van der Waals surface area contributed by atoms with Crippen LogP contribution in [0.4, 0.5) is 5.69 Å². The van der Waals surface area contributed by atoms with Gasteiger partial charge in [0.1, 0.15) is 0 Å². The number of amides is 1. The highest BCUT2D eigenvalue weighted by Gasteiger charge is 2.12. The number of benzene rings is 2. The molecular formula is C18H17NOS. The van der Waals surface area contributed by atoms with Crippen molar-refractivity contribution in [1.82, 2.24) is 0 Å². The SMILES string of the molecule is CCc1cc(C(=O)Nc2cccc3ccccc23)sc1C. The largest absolute Gasteiger partial charge is 0.321 e. The standard InChI is InChI=1S/C18H17NOS/c1-3-13-11-17(21-12(13)2)18(20)19-16-10-6-8-14-7-4-5-9-15(14)16/h4-11H,3H2,1-2H3,(H,19,20). The van der Waals surface area contributed by atoms with Gasteiger partial charge in [-0.1, -0.05) is 43.3 Å². The molecule has 1 amide bonds. The maximum Gasteiger partial charge on any atom is 0.265 e. The lowest BCUT2D eigenvalue weighted by Crippen LogP contribution is -2.10. The maximum atomic E-state index is 12.4. The summed E-state index contributed by atoms with van der Waals surface area (Å²) < 4.78 is 0. The van der Waals surface area contributed by atoms with Crippen molar-refractivity contribution in [3.8, 4) is 0 Å². The lowest BCUT2D eigenvalue weighted by molar-refractivity contribution is 0.103. The first-order chi connectivity index (χ1) is 10.2. The van der Waals surface area contributed by atoms with Crippen LogP contribution in [0.5, 0.6) is 0 Å². The molecule has 106 valence electrons. The highest BCUT2D eigenvalue weighted by molar-refractivity contribution is 7.14. The average molecular weight is 295 g/mol. The van der Waals surface area contributed by atoms with E-state index < -0.39 is 0 Å². The number of carbonyl (C=O) groups excluding carboxylic acids is 1. The number of hydrogen-bond donors (Lipinski definition) is 1. The summed E-state index contributed by atoms with van der Waals surface area (Å²) in [6.45, 7) is 4.18. The predicted molar refractivity (Wildman–Crippen MR) is 90.3 cm³/mol. The topological polar surface area (TPSA) is 29.1 Å². The molecule has 0 saturated carbocycles. The third-order valence-electron chi connectivity index (χ3n) is 3.66. The van der Waals surface area contributed by atoms with E-state index in [0.29, 0.717) is 0 Å². The number of carbonyl (C=O) groups is 1. The Labute approximate surface area is 128 Å². The number of hydrogen-bond acceptors (Lipinski definition) is 2. The van der Waals surface area contributed by atoms with Crippen molar-refractivity contribution in [2.24, 2.45) is 0 Å². The van der Waals surface area contributed by atoms with Crippen molar-refractivity contribution in [3.05, 3.63) is 63.8 Å². The second kappa shape index (κ2) is 5.70. The Morgan fingerprint density at radius 1 is 1.14 bits per heavy atom. The number of aryl methyl sites for hydroxylation is 2. The van der Waals surface area contributed by atoms with E-state index in [9.17, 15) is 4.79 Å². The van der Waals surface area contributed by atoms with Crippen LogP contribution in [0.3, 0.4) is 0 Å². The third-order valence-corrected chi connectivity index (χ3v) is 4.75. The summed E-state index contributed by atoms with van der Waals surface area (Å²) in [6.07, 6.45) is 0.962. The molecule has 0 radical (unpaired) electrons. The van der Waals surface area contributed by atoms with E-state index in [-0.39, 0.29) is 5.91 Å². The van der Waals surface area contributed by atoms with Crippen molar-refractivity contribution in [2.75, 3.05) is 5.32 Å². The second-order valence-electron chi connectivity index (χ2n) is 5.03. The zero-order valence-electron chi connectivity index (χ0n) is 12.1. The summed E-state index contributed by atoms with van der Waals surface area (Å²) >= 11 is 1.56. The monoisotopic (exact) mass is 295 g/mol. The van der Waals surface area contributed by atoms with E-state index in [2.05, 4.69) is 31.3 Å². The van der Waals surface area contributed by atoms with Crippen LogP contribution in [0.25, 0.3) is 10.8 Å². The van der Waals surface area contributed by atoms with Crippen molar-refractivity contribution in [2.45, 2.75) is 20.3 Å². The molecule has 2 nitrogen and oxygen atoms in total. The molecule has 3 heteroatoms. The molecular weight excluding hydrogens is 278 g/mol. The Balaban J connectivity index is 1.92. The minimum absolute atomic E-state index is 0.0286. The van der Waals surface area contributed by atoms with Gasteiger partial charge in [-0.15, -0.1) is 11.3 Å². The van der Waals surface area contributed by atoms with Gasteiger partial charge in [-0.3, -0.25) is 4.79 Å². The average Bonchev–Trinajstić information content (AvgIpc) is 2.89. The summed E-state index contributed by atoms with van der Waals surface area (Å²) in [7, 11) is 0. The molecule has 2 aromatic carbocycles. The summed E-state index contributed by atoms with van der Waals surface area (Å²) in [6, 6.07) is 16.0. The van der Waals surface area contributed by atoms with Crippen LogP contribution in [0.2, 0.25) is 0 Å². The van der Waals surface area contributed by atoms with E-state index in [1.165, 1.54) is 10.4 Å². The first-order valence-electron chi connectivity index (χ1n) is 7.07. The summed E-state index contributed by atoms with van der Waals surface area (Å²) in [5.41, 5.74) is 2.12. The lowest BCUT2D eigenvalue weighted by atomic mass is 10.1. The first kappa shape index (κ1) is 13.8. The fourth-order valence-electron chi connectivity index (χ4n) is 2.50. The number of fused-ring (bicyclic) bond motifs is 1. The van der Waals surface area contributed by atoms with E-state index in [4.69, 9.17) is 0 Å². The molecule has 0 atom stereocenters. The zero-order chi connectivity index (χ0) is 14.8. The van der Waals surface area contributed by atoms with Gasteiger partial charge < -0.3 is 5.32 Å². The van der Waals surface area contributed by atoms with E-state index in [1.807, 2.05) is 36.4 Å². The molecule has 1 heterocycles. The van der Waals surface area contributed by atoms with Crippen LogP contribution in [0, 0.1) is 6.92 Å². The Kier molecular flexibility index (Phi) is 3.76. The molecule has 1 aromatic heterocycles. The van der Waals surface area contributed by atoms with Crippen LogP contribution in [0.15, 0.2) is 48.5 Å². The smallest absolute Gasteiger partial charge is 0.265 e. The van der Waals surface area contributed by atoms with Crippen LogP contribution in [0.1, 0.15) is 27.0 Å². The van der Waals surface area contributed by atoms with Crippen molar-refractivity contribution in [3.63, 3.8) is 0 Å². The van der Waals surface area contributed by atoms with Crippen LogP contribution in [-0.4, -0.2) is 5.91 Å². The van der Waals surface area contributed by atoms with Gasteiger partial charge in [0, 0.05) is 16.0 Å². The maximum absolute atomic E-state index is 12.4. The molecule has 3 aromatic rings. The zero-order valence-corrected chi connectivity index (χ0v) is 13.0. The van der Waals surface area contributed by atoms with Gasteiger partial charge in [-0.05, 0) is 36.4 Å². The predicted octanol–water partition coefficient (Wildman–Crippen LogP) is 5.02. The Bertz CT molecular complexity index is 799. The highest BCUT2D eigenvalue weighted by Crippen LogP contribution is 2.26. The van der Waals surface area contributed by atoms with Crippen LogP contribution < -0.4 is 5.32 Å². The molecule has 0 spiro atoms. The molecule has 21 heavy (non-hydrogen) atoms. The van der Waals surface area contributed by atoms with Gasteiger partial charge in [0.2, 0.25) is 0 Å². The summed E-state index contributed by atoms with van der Waals surface area (Å²) in [5, 5.41) is 5.24. The van der Waals surface area contributed by atoms with Crippen molar-refractivity contribution < 1.29 is 4.79 Å². The molecule has 0 aliphatic heterocycles. The van der Waals surface area contributed by atoms with Gasteiger partial charge in [0.25, 0.3) is 5.91 Å². The van der Waals surface area contributed by atoms with Gasteiger partial charge in [0.05, 0.1) is 4.88 Å². The number of anilines is 1. The van der Waals surface area contributed by atoms with Crippen molar-refractivity contribution in [1.29, 1.82) is 0 Å². The van der Waals surface area contributed by atoms with Gasteiger partial charge in [0.15, 0.2) is 0 Å². The molecule has 0 aliphatic rings. The second-order valence-corrected chi connectivity index (χ2v) is 6.28. The quantitative estimate of drug-likeness (QED) is 0.722. The van der Waals surface area contributed by atoms with Crippen molar-refractivity contribution >= 4 is 33.7 Å². The number of nitrogens with one attached hydrogen (secondary N) is 1. The third kappa shape index (κ3) is 2.69.